The Morgan fingerprint density at radius 2 is 1.29 bits per heavy atom. The van der Waals surface area contributed by atoms with Gasteiger partial charge in [-0.25, -0.2) is 0 Å². The second-order valence-electron chi connectivity index (χ2n) is 0.238. The molecule has 0 aromatic heterocycles. The number of hydrogen-bond donors (Lipinski definition) is 1. The van der Waals surface area contributed by atoms with E-state index < -0.39 is 5.09 Å². The van der Waals surface area contributed by atoms with Gasteiger partial charge in [0.05, 0.1) is 0 Å². The Kier molecular flexibility index (Phi) is 51.4. The summed E-state index contributed by atoms with van der Waals surface area (Å²) in [6, 6.07) is 0. The Morgan fingerprint density at radius 1 is 1.29 bits per heavy atom. The van der Waals surface area contributed by atoms with Gasteiger partial charge in [-0.2, -0.15) is 0 Å². The van der Waals surface area contributed by atoms with Gasteiger partial charge >= 0.3 is 88.7 Å². The maximum atomic E-state index is 8.36. The van der Waals surface area contributed by atoms with Gasteiger partial charge in [-0.15, -0.1) is 10.1 Å². The Bertz CT molecular complexity index is 33.2. The van der Waals surface area contributed by atoms with Crippen LogP contribution in [0.5, 0.6) is 0 Å². The van der Waals surface area contributed by atoms with Crippen molar-refractivity contribution in [1.82, 2.24) is 0 Å². The van der Waals surface area contributed by atoms with Crippen LogP contribution in [0.1, 0.15) is 0 Å². The minimum atomic E-state index is -1.50. The molecule has 0 unspecified atom stereocenters. The molecule has 7 heteroatoms. The molecular formula is H4NNa3O3. The zero-order valence-electron chi connectivity index (χ0n) is 1.71. The summed E-state index contributed by atoms with van der Waals surface area (Å²) in [4.78, 5) is 8.36. The first-order chi connectivity index (χ1) is 1.73. The topological polar surface area (TPSA) is 63.4 Å². The molecule has 0 aliphatic carbocycles. The van der Waals surface area contributed by atoms with E-state index in [4.69, 9.17) is 15.3 Å². The molecule has 0 amide bonds. The van der Waals surface area contributed by atoms with Gasteiger partial charge in [-0.1, -0.05) is 0 Å². The van der Waals surface area contributed by atoms with Crippen LogP contribution in [-0.2, 0) is 0 Å². The first kappa shape index (κ1) is 22.9. The molecule has 0 aromatic carbocycles. The van der Waals surface area contributed by atoms with E-state index in [-0.39, 0.29) is 88.7 Å². The third-order valence-electron chi connectivity index (χ3n) is 0. The third kappa shape index (κ3) is 65.1. The number of rotatable bonds is 0. The summed E-state index contributed by atoms with van der Waals surface area (Å²) >= 11 is 0. The molecule has 0 heterocycles. The SMILES string of the molecule is O=[N+]([O-])O.[NaH].[NaH].[NaH]. The summed E-state index contributed by atoms with van der Waals surface area (Å²) in [6.45, 7) is 0. The number of nitrogens with zero attached hydrogens (tertiary/aromatic N) is 1. The molecule has 0 saturated carbocycles. The zero-order valence-corrected chi connectivity index (χ0v) is 1.71. The Labute approximate surface area is 107 Å². The molecule has 0 spiro atoms. The summed E-state index contributed by atoms with van der Waals surface area (Å²) in [5.74, 6) is 0. The van der Waals surface area contributed by atoms with E-state index in [1.807, 2.05) is 0 Å². The van der Waals surface area contributed by atoms with Crippen molar-refractivity contribution < 1.29 is 10.3 Å². The van der Waals surface area contributed by atoms with Crippen LogP contribution in [0.15, 0.2) is 0 Å². The van der Waals surface area contributed by atoms with Crippen LogP contribution < -0.4 is 0 Å². The van der Waals surface area contributed by atoms with E-state index in [9.17, 15) is 0 Å². The molecule has 0 aliphatic rings. The van der Waals surface area contributed by atoms with Crippen molar-refractivity contribution >= 4 is 88.7 Å². The molecule has 0 rings (SSSR count). The fourth-order valence-corrected chi connectivity index (χ4v) is 0. The number of hydrogen-bond acceptors (Lipinski definition) is 2. The van der Waals surface area contributed by atoms with E-state index >= 15 is 0 Å². The van der Waals surface area contributed by atoms with Crippen molar-refractivity contribution in [3.8, 4) is 0 Å². The van der Waals surface area contributed by atoms with Crippen LogP contribution in [0.3, 0.4) is 0 Å². The van der Waals surface area contributed by atoms with E-state index in [1.54, 1.807) is 0 Å². The normalized spacial score (nSPS) is 3.43. The monoisotopic (exact) mass is 135 g/mol. The average molecular weight is 135 g/mol. The summed E-state index contributed by atoms with van der Waals surface area (Å²) < 4.78 is 0. The first-order valence-electron chi connectivity index (χ1n) is 0.565. The second kappa shape index (κ2) is 15.7. The fourth-order valence-electron chi connectivity index (χ4n) is 0. The summed E-state index contributed by atoms with van der Waals surface area (Å²) in [6.07, 6.45) is 0. The van der Waals surface area contributed by atoms with Gasteiger partial charge in [0, 0.05) is 0 Å². The standard InChI is InChI=1S/HNO3.3Na.3H/c2-1(3)4;;;;;;/h(H,2,3,4);;;;;;. The van der Waals surface area contributed by atoms with Crippen molar-refractivity contribution in [2.75, 3.05) is 0 Å². The molecule has 4 nitrogen and oxygen atoms in total. The molecule has 0 saturated heterocycles. The van der Waals surface area contributed by atoms with Gasteiger partial charge < -0.3 is 5.21 Å². The van der Waals surface area contributed by atoms with Crippen LogP contribution in [0.2, 0.25) is 0 Å². The molecule has 30 valence electrons. The van der Waals surface area contributed by atoms with Gasteiger partial charge in [0.2, 0.25) is 0 Å². The molecule has 0 radical (unpaired) electrons. The van der Waals surface area contributed by atoms with Gasteiger partial charge in [0.15, 0.2) is 0 Å². The van der Waals surface area contributed by atoms with E-state index in [0.717, 1.165) is 0 Å². The summed E-state index contributed by atoms with van der Waals surface area (Å²) in [7, 11) is 0. The Hall–Kier alpha value is 2.20. The zero-order chi connectivity index (χ0) is 3.58. The Balaban J connectivity index is -0.0000000150. The van der Waals surface area contributed by atoms with Crippen LogP contribution in [0, 0.1) is 10.1 Å². The molecular weight excluding hydrogens is 131 g/mol. The van der Waals surface area contributed by atoms with Gasteiger partial charge in [0.25, 0.3) is 5.09 Å². The predicted molar refractivity (Wildman–Crippen MR) is 30.2 cm³/mol. The summed E-state index contributed by atoms with van der Waals surface area (Å²) in [5.41, 5.74) is 0. The molecule has 0 aliphatic heterocycles. The third-order valence-corrected chi connectivity index (χ3v) is 0. The van der Waals surface area contributed by atoms with Crippen LogP contribution in [0.4, 0.5) is 0 Å². The van der Waals surface area contributed by atoms with Gasteiger partial charge in [-0.3, -0.25) is 0 Å². The molecule has 1 N–H and O–H groups in total. The maximum absolute atomic E-state index is 8.36. The van der Waals surface area contributed by atoms with Crippen molar-refractivity contribution in [2.45, 2.75) is 0 Å². The van der Waals surface area contributed by atoms with Crippen molar-refractivity contribution in [3.63, 3.8) is 0 Å². The van der Waals surface area contributed by atoms with E-state index in [1.165, 1.54) is 0 Å². The van der Waals surface area contributed by atoms with E-state index in [2.05, 4.69) is 0 Å². The van der Waals surface area contributed by atoms with Crippen LogP contribution in [-0.4, -0.2) is 99.0 Å². The van der Waals surface area contributed by atoms with Gasteiger partial charge in [0.1, 0.15) is 0 Å². The van der Waals surface area contributed by atoms with Crippen LogP contribution in [0.25, 0.3) is 0 Å². The minimum absolute atomic E-state index is 0. The molecule has 0 aromatic rings. The molecule has 0 atom stereocenters. The van der Waals surface area contributed by atoms with Gasteiger partial charge in [-0.05, 0) is 0 Å². The molecule has 7 heavy (non-hydrogen) atoms. The predicted octanol–water partition coefficient (Wildman–Crippen LogP) is -2.29. The Morgan fingerprint density at radius 3 is 1.29 bits per heavy atom. The first-order valence-corrected chi connectivity index (χ1v) is 0.565. The second-order valence-corrected chi connectivity index (χ2v) is 0.238. The average Bonchev–Trinajstić information content (AvgIpc) is 0.811. The summed E-state index contributed by atoms with van der Waals surface area (Å²) in [5, 5.41) is 13.6. The van der Waals surface area contributed by atoms with Crippen molar-refractivity contribution in [3.05, 3.63) is 10.1 Å². The van der Waals surface area contributed by atoms with Crippen molar-refractivity contribution in [2.24, 2.45) is 0 Å². The van der Waals surface area contributed by atoms with E-state index in [0.29, 0.717) is 0 Å². The quantitative estimate of drug-likeness (QED) is 0.231. The van der Waals surface area contributed by atoms with Crippen molar-refractivity contribution in [1.29, 1.82) is 0 Å². The molecule has 0 fully saturated rings. The molecule has 0 bridgehead atoms. The fraction of sp³-hybridized carbons (Fsp3) is 0. The van der Waals surface area contributed by atoms with Crippen LogP contribution >= 0.6 is 0 Å².